The van der Waals surface area contributed by atoms with Crippen LogP contribution in [0, 0.1) is 5.82 Å². The molecule has 2 amide bonds. The van der Waals surface area contributed by atoms with E-state index in [9.17, 15) is 9.18 Å². The molecule has 76 valence electrons. The summed E-state index contributed by atoms with van der Waals surface area (Å²) in [6, 6.07) is 3.13. The molecule has 0 aliphatic heterocycles. The molecule has 0 aliphatic rings. The van der Waals surface area contributed by atoms with Crippen LogP contribution in [0.1, 0.15) is 0 Å². The van der Waals surface area contributed by atoms with Gasteiger partial charge in [0.2, 0.25) is 0 Å². The van der Waals surface area contributed by atoms with Crippen LogP contribution in [-0.4, -0.2) is 18.1 Å². The maximum absolute atomic E-state index is 12.6. The predicted octanol–water partition coefficient (Wildman–Crippen LogP) is 1.82. The molecule has 0 aliphatic carbocycles. The molecule has 4 nitrogen and oxygen atoms in total. The normalized spacial score (nSPS) is 9.71. The van der Waals surface area contributed by atoms with E-state index in [0.717, 1.165) is 11.1 Å². The summed E-state index contributed by atoms with van der Waals surface area (Å²) in [5.74, 6) is 4.70. The van der Waals surface area contributed by atoms with Crippen molar-refractivity contribution in [3.63, 3.8) is 0 Å². The zero-order valence-electron chi connectivity index (χ0n) is 7.42. The average molecular weight is 218 g/mol. The highest BCUT2D eigenvalue weighted by Crippen LogP contribution is 2.22. The van der Waals surface area contributed by atoms with Crippen LogP contribution < -0.4 is 11.2 Å². The first kappa shape index (κ1) is 10.7. The van der Waals surface area contributed by atoms with E-state index >= 15 is 0 Å². The molecule has 1 rings (SSSR count). The fourth-order valence-corrected chi connectivity index (χ4v) is 1.01. The van der Waals surface area contributed by atoms with Gasteiger partial charge in [-0.05, 0) is 18.2 Å². The van der Waals surface area contributed by atoms with Crippen molar-refractivity contribution in [2.75, 3.05) is 12.4 Å². The van der Waals surface area contributed by atoms with E-state index in [1.165, 1.54) is 19.2 Å². The van der Waals surface area contributed by atoms with Gasteiger partial charge in [0.1, 0.15) is 5.82 Å². The van der Waals surface area contributed by atoms with Crippen molar-refractivity contribution < 1.29 is 9.18 Å². The zero-order valence-corrected chi connectivity index (χ0v) is 8.18. The number of carbonyl (C=O) groups is 1. The van der Waals surface area contributed by atoms with E-state index in [1.807, 2.05) is 0 Å². The van der Waals surface area contributed by atoms with Gasteiger partial charge in [0.05, 0.1) is 10.7 Å². The molecule has 14 heavy (non-hydrogen) atoms. The summed E-state index contributed by atoms with van der Waals surface area (Å²) >= 11 is 5.66. The largest absolute Gasteiger partial charge is 0.335 e. The second-order valence-corrected chi connectivity index (χ2v) is 3.07. The third-order valence-corrected chi connectivity index (χ3v) is 1.81. The number of hydrogen-bond acceptors (Lipinski definition) is 2. The summed E-state index contributed by atoms with van der Waals surface area (Å²) < 4.78 is 12.6. The van der Waals surface area contributed by atoms with E-state index in [-0.39, 0.29) is 5.02 Å². The number of rotatable bonds is 1. The number of amides is 2. The molecule has 3 N–H and O–H groups in total. The minimum atomic E-state index is -0.529. The number of benzene rings is 1. The Morgan fingerprint density at radius 3 is 2.79 bits per heavy atom. The van der Waals surface area contributed by atoms with Gasteiger partial charge in [-0.1, -0.05) is 11.6 Å². The number of hydrazine groups is 1. The lowest BCUT2D eigenvalue weighted by Gasteiger charge is -2.12. The van der Waals surface area contributed by atoms with Gasteiger partial charge in [0, 0.05) is 7.05 Å². The van der Waals surface area contributed by atoms with Crippen LogP contribution in [0.5, 0.6) is 0 Å². The first-order chi connectivity index (χ1) is 6.50. The molecule has 0 fully saturated rings. The number of halogens is 2. The highest BCUT2D eigenvalue weighted by Gasteiger charge is 2.07. The number of anilines is 1. The molecule has 1 aromatic carbocycles. The Kier molecular flexibility index (Phi) is 3.27. The predicted molar refractivity (Wildman–Crippen MR) is 52.4 cm³/mol. The van der Waals surface area contributed by atoms with Crippen LogP contribution in [-0.2, 0) is 0 Å². The third-order valence-electron chi connectivity index (χ3n) is 1.49. The molecule has 0 atom stereocenters. The Morgan fingerprint density at radius 1 is 1.64 bits per heavy atom. The Labute approximate surface area is 85.4 Å². The maximum atomic E-state index is 12.6. The average Bonchev–Trinajstić information content (AvgIpc) is 2.09. The zero-order chi connectivity index (χ0) is 10.7. The fourth-order valence-electron chi connectivity index (χ4n) is 0.794. The van der Waals surface area contributed by atoms with Gasteiger partial charge in [-0.15, -0.1) is 0 Å². The van der Waals surface area contributed by atoms with Crippen molar-refractivity contribution in [3.05, 3.63) is 29.0 Å². The highest BCUT2D eigenvalue weighted by molar-refractivity contribution is 6.33. The van der Waals surface area contributed by atoms with E-state index in [2.05, 4.69) is 5.32 Å². The number of urea groups is 1. The van der Waals surface area contributed by atoms with Crippen LogP contribution in [0.25, 0.3) is 0 Å². The molecular weight excluding hydrogens is 209 g/mol. The van der Waals surface area contributed by atoms with Gasteiger partial charge in [0.15, 0.2) is 0 Å². The smallest absolute Gasteiger partial charge is 0.305 e. The monoisotopic (exact) mass is 217 g/mol. The Balaban J connectivity index is 2.82. The van der Waals surface area contributed by atoms with Crippen LogP contribution in [0.4, 0.5) is 14.9 Å². The highest BCUT2D eigenvalue weighted by atomic mass is 35.5. The molecular formula is C8H9ClFN3O. The quantitative estimate of drug-likeness (QED) is 0.428. The molecule has 0 bridgehead atoms. The van der Waals surface area contributed by atoms with Crippen molar-refractivity contribution in [3.8, 4) is 0 Å². The van der Waals surface area contributed by atoms with Crippen LogP contribution >= 0.6 is 11.6 Å². The summed E-state index contributed by atoms with van der Waals surface area (Å²) in [6.07, 6.45) is 0. The summed E-state index contributed by atoms with van der Waals surface area (Å²) in [5, 5.41) is 3.39. The lowest BCUT2D eigenvalue weighted by atomic mass is 10.3. The molecule has 1 aromatic rings. The van der Waals surface area contributed by atoms with Crippen molar-refractivity contribution >= 4 is 23.3 Å². The van der Waals surface area contributed by atoms with Gasteiger partial charge in [-0.3, -0.25) is 5.01 Å². The standard InChI is InChI=1S/C8H9ClFN3O/c1-13(11)8(14)12-7-3-2-5(10)4-6(7)9/h2-4H,11H2,1H3,(H,12,14). The van der Waals surface area contributed by atoms with Gasteiger partial charge in [-0.25, -0.2) is 15.0 Å². The van der Waals surface area contributed by atoms with E-state index < -0.39 is 11.8 Å². The fraction of sp³-hybridized carbons (Fsp3) is 0.125. The summed E-state index contributed by atoms with van der Waals surface area (Å²) in [6.45, 7) is 0. The van der Waals surface area contributed by atoms with E-state index in [1.54, 1.807) is 0 Å². The molecule has 0 saturated heterocycles. The van der Waals surface area contributed by atoms with E-state index in [4.69, 9.17) is 17.4 Å². The molecule has 6 heteroatoms. The van der Waals surface area contributed by atoms with Crippen LogP contribution in [0.2, 0.25) is 5.02 Å². The first-order valence-corrected chi connectivity index (χ1v) is 4.13. The summed E-state index contributed by atoms with van der Waals surface area (Å²) in [5.41, 5.74) is 0.315. The first-order valence-electron chi connectivity index (χ1n) is 3.75. The van der Waals surface area contributed by atoms with Gasteiger partial charge < -0.3 is 5.32 Å². The summed E-state index contributed by atoms with van der Waals surface area (Å²) in [7, 11) is 1.38. The Hall–Kier alpha value is -1.33. The van der Waals surface area contributed by atoms with Crippen molar-refractivity contribution in [1.82, 2.24) is 5.01 Å². The van der Waals surface area contributed by atoms with Gasteiger partial charge >= 0.3 is 6.03 Å². The molecule has 0 aromatic heterocycles. The molecule has 0 heterocycles. The molecule has 0 radical (unpaired) electrons. The van der Waals surface area contributed by atoms with Crippen molar-refractivity contribution in [2.24, 2.45) is 5.84 Å². The second-order valence-electron chi connectivity index (χ2n) is 2.67. The SMILES string of the molecule is CN(N)C(=O)Nc1ccc(F)cc1Cl. The molecule has 0 unspecified atom stereocenters. The minimum Gasteiger partial charge on any atom is -0.305 e. The van der Waals surface area contributed by atoms with Gasteiger partial charge in [-0.2, -0.15) is 0 Å². The number of nitrogens with one attached hydrogen (secondary N) is 1. The summed E-state index contributed by atoms with van der Waals surface area (Å²) in [4.78, 5) is 11.1. The number of nitrogens with two attached hydrogens (primary N) is 1. The number of nitrogens with zero attached hydrogens (tertiary/aromatic N) is 1. The lowest BCUT2D eigenvalue weighted by Crippen LogP contribution is -2.36. The lowest BCUT2D eigenvalue weighted by molar-refractivity contribution is 0.223. The van der Waals surface area contributed by atoms with Gasteiger partial charge in [0.25, 0.3) is 0 Å². The van der Waals surface area contributed by atoms with Crippen LogP contribution in [0.15, 0.2) is 18.2 Å². The van der Waals surface area contributed by atoms with Crippen molar-refractivity contribution in [2.45, 2.75) is 0 Å². The Morgan fingerprint density at radius 2 is 2.29 bits per heavy atom. The second kappa shape index (κ2) is 4.26. The third kappa shape index (κ3) is 2.58. The maximum Gasteiger partial charge on any atom is 0.335 e. The Bertz CT molecular complexity index is 356. The molecule has 0 spiro atoms. The van der Waals surface area contributed by atoms with E-state index in [0.29, 0.717) is 5.69 Å². The number of hydrogen-bond donors (Lipinski definition) is 2. The van der Waals surface area contributed by atoms with Crippen molar-refractivity contribution in [1.29, 1.82) is 0 Å². The van der Waals surface area contributed by atoms with Crippen LogP contribution in [0.3, 0.4) is 0 Å². The topological polar surface area (TPSA) is 58.4 Å². The molecule has 0 saturated carbocycles. The number of carbonyl (C=O) groups excluding carboxylic acids is 1. The minimum absolute atomic E-state index is 0.125.